The number of aromatic amines is 2. The van der Waals surface area contributed by atoms with Gasteiger partial charge in [0.15, 0.2) is 0 Å². The van der Waals surface area contributed by atoms with E-state index in [4.69, 9.17) is 42.6 Å². The van der Waals surface area contributed by atoms with Crippen molar-refractivity contribution < 1.29 is 28.7 Å². The van der Waals surface area contributed by atoms with E-state index in [-0.39, 0.29) is 48.6 Å². The second-order valence-electron chi connectivity index (χ2n) is 15.4. The molecule has 2 fully saturated rings. The highest BCUT2D eigenvalue weighted by atomic mass is 35.5. The summed E-state index contributed by atoms with van der Waals surface area (Å²) in [7, 11) is 2.67. The summed E-state index contributed by atoms with van der Waals surface area (Å²) in [6.45, 7) is 8.94. The summed E-state index contributed by atoms with van der Waals surface area (Å²) < 4.78 is 9.72. The molecule has 0 bridgehead atoms. The number of imidazole rings is 2. The lowest BCUT2D eigenvalue weighted by Crippen LogP contribution is -2.39. The number of esters is 2. The Labute approximate surface area is 337 Å². The number of carbonyl (C=O) groups excluding carboxylic acids is 4. The Morgan fingerprint density at radius 3 is 1.30 bits per heavy atom. The Bertz CT molecular complexity index is 1900. The van der Waals surface area contributed by atoms with Gasteiger partial charge in [-0.3, -0.25) is 19.2 Å². The standard InChI is InChI=1S/C42H50Cl2N6O6/c1-23(2)29(21-33(51)55-5)41(53)49-19-7-9-31(49)39-45-35(37(43)47-39)27-15-11-25(12-16-27)26-13-17-28(18-14-26)36-38(44)48-40(46-36)32-10-8-20-50(32)42(54)30(24(3)4)22-34(52)56-6/h11-18,23-24,29-32H,7-10,19-22H2,1-6H3,(H,45,47)(H,46,48)/t29-,30-,31-,32-/m0/s1. The molecule has 0 saturated carbocycles. The Kier molecular flexibility index (Phi) is 12.9. The summed E-state index contributed by atoms with van der Waals surface area (Å²) in [6, 6.07) is 15.4. The molecule has 12 nitrogen and oxygen atoms in total. The van der Waals surface area contributed by atoms with Gasteiger partial charge < -0.3 is 29.2 Å². The zero-order valence-corrected chi connectivity index (χ0v) is 34.2. The van der Waals surface area contributed by atoms with Crippen LogP contribution < -0.4 is 0 Å². The number of rotatable bonds is 13. The van der Waals surface area contributed by atoms with E-state index >= 15 is 0 Å². The van der Waals surface area contributed by atoms with Crippen LogP contribution in [0.3, 0.4) is 0 Å². The summed E-state index contributed by atoms with van der Waals surface area (Å²) in [5.74, 6) is -0.709. The molecule has 2 N–H and O–H groups in total. The highest BCUT2D eigenvalue weighted by Crippen LogP contribution is 2.39. The van der Waals surface area contributed by atoms with Crippen LogP contribution in [0.2, 0.25) is 10.3 Å². The Hall–Kier alpha value is -4.68. The molecule has 2 aromatic carbocycles. The molecule has 298 valence electrons. The number of amides is 2. The van der Waals surface area contributed by atoms with Gasteiger partial charge in [-0.2, -0.15) is 0 Å². The maximum absolute atomic E-state index is 13.6. The quantitative estimate of drug-likeness (QED) is 0.128. The SMILES string of the molecule is COC(=O)C[C@H](C(=O)N1CCC[C@H]1c1nc(-c2ccc(-c3ccc(-c4nc([C@@H]5CCCN5C(=O)[C@@H](CC(=O)OC)C(C)C)[nH]c4Cl)cc3)cc2)c(Cl)[nH]1)C(C)C. The number of nitrogens with zero attached hydrogens (tertiary/aromatic N) is 4. The maximum atomic E-state index is 13.6. The van der Waals surface area contributed by atoms with Gasteiger partial charge in [-0.05, 0) is 48.6 Å². The minimum atomic E-state index is -0.479. The van der Waals surface area contributed by atoms with Crippen LogP contribution in [0.25, 0.3) is 33.6 Å². The normalized spacial score (nSPS) is 18.1. The number of hydrogen-bond donors (Lipinski definition) is 2. The van der Waals surface area contributed by atoms with Crippen LogP contribution in [0.1, 0.15) is 90.0 Å². The van der Waals surface area contributed by atoms with Gasteiger partial charge in [0, 0.05) is 24.2 Å². The van der Waals surface area contributed by atoms with Crippen LogP contribution in [0.15, 0.2) is 48.5 Å². The van der Waals surface area contributed by atoms with Crippen LogP contribution in [-0.2, 0) is 28.7 Å². The molecule has 4 atom stereocenters. The average Bonchev–Trinajstić information content (AvgIpc) is 4.02. The highest BCUT2D eigenvalue weighted by Gasteiger charge is 2.39. The third kappa shape index (κ3) is 8.66. The third-order valence-corrected chi connectivity index (χ3v) is 11.7. The van der Waals surface area contributed by atoms with E-state index in [0.29, 0.717) is 46.4 Å². The topological polar surface area (TPSA) is 151 Å². The molecule has 6 rings (SSSR count). The number of benzene rings is 2. The van der Waals surface area contributed by atoms with Crippen molar-refractivity contribution in [1.82, 2.24) is 29.7 Å². The van der Waals surface area contributed by atoms with Gasteiger partial charge in [-0.1, -0.05) is 99.4 Å². The van der Waals surface area contributed by atoms with Gasteiger partial charge in [-0.15, -0.1) is 0 Å². The molecule has 4 aromatic rings. The molecule has 4 heterocycles. The lowest BCUT2D eigenvalue weighted by atomic mass is 9.91. The summed E-state index contributed by atoms with van der Waals surface area (Å²) in [6.07, 6.45) is 3.22. The number of hydrogen-bond acceptors (Lipinski definition) is 8. The molecule has 0 aliphatic carbocycles. The fourth-order valence-electron chi connectivity index (χ4n) is 7.88. The minimum Gasteiger partial charge on any atom is -0.469 e. The summed E-state index contributed by atoms with van der Waals surface area (Å²) in [5.41, 5.74) is 4.86. The zero-order valence-electron chi connectivity index (χ0n) is 32.7. The molecule has 2 amide bonds. The van der Waals surface area contributed by atoms with Crippen molar-refractivity contribution >= 4 is 47.0 Å². The molecule has 2 aliphatic heterocycles. The number of carbonyl (C=O) groups is 4. The zero-order chi connectivity index (χ0) is 40.3. The monoisotopic (exact) mass is 804 g/mol. The van der Waals surface area contributed by atoms with Crippen LogP contribution in [0, 0.1) is 23.7 Å². The van der Waals surface area contributed by atoms with Gasteiger partial charge in [0.2, 0.25) is 11.8 Å². The van der Waals surface area contributed by atoms with Crippen molar-refractivity contribution in [2.75, 3.05) is 27.3 Å². The van der Waals surface area contributed by atoms with Gasteiger partial charge >= 0.3 is 11.9 Å². The Morgan fingerprint density at radius 1 is 0.643 bits per heavy atom. The predicted molar refractivity (Wildman–Crippen MR) is 214 cm³/mol. The van der Waals surface area contributed by atoms with Crippen molar-refractivity contribution in [3.63, 3.8) is 0 Å². The number of nitrogens with one attached hydrogen (secondary N) is 2. The van der Waals surface area contributed by atoms with E-state index in [1.807, 2.05) is 86.0 Å². The van der Waals surface area contributed by atoms with Gasteiger partial charge in [0.05, 0.1) is 51.0 Å². The number of methoxy groups -OCH3 is 2. The van der Waals surface area contributed by atoms with Gasteiger partial charge in [0.1, 0.15) is 33.3 Å². The van der Waals surface area contributed by atoms with Crippen LogP contribution >= 0.6 is 23.2 Å². The number of H-pyrrole nitrogens is 2. The molecule has 0 spiro atoms. The summed E-state index contributed by atoms with van der Waals surface area (Å²) in [4.78, 5) is 71.3. The van der Waals surface area contributed by atoms with Crippen molar-refractivity contribution in [2.45, 2.75) is 78.3 Å². The van der Waals surface area contributed by atoms with Crippen molar-refractivity contribution in [3.05, 3.63) is 70.5 Å². The smallest absolute Gasteiger partial charge is 0.306 e. The molecule has 2 aliphatic rings. The van der Waals surface area contributed by atoms with E-state index in [0.717, 1.165) is 47.9 Å². The summed E-state index contributed by atoms with van der Waals surface area (Å²) in [5, 5.41) is 0.792. The first-order chi connectivity index (χ1) is 26.8. The first-order valence-corrected chi connectivity index (χ1v) is 20.0. The summed E-state index contributed by atoms with van der Waals surface area (Å²) >= 11 is 13.4. The molecule has 14 heteroatoms. The Balaban J connectivity index is 1.15. The van der Waals surface area contributed by atoms with E-state index in [9.17, 15) is 19.2 Å². The number of aromatic nitrogens is 4. The van der Waals surface area contributed by atoms with E-state index in [1.165, 1.54) is 14.2 Å². The van der Waals surface area contributed by atoms with E-state index in [2.05, 4.69) is 9.97 Å². The third-order valence-electron chi connectivity index (χ3n) is 11.2. The first-order valence-electron chi connectivity index (χ1n) is 19.3. The fraction of sp³-hybridized carbons (Fsp3) is 0.476. The predicted octanol–water partition coefficient (Wildman–Crippen LogP) is 8.44. The second kappa shape index (κ2) is 17.6. The van der Waals surface area contributed by atoms with Crippen LogP contribution in [0.5, 0.6) is 0 Å². The largest absolute Gasteiger partial charge is 0.469 e. The van der Waals surface area contributed by atoms with E-state index < -0.39 is 23.8 Å². The lowest BCUT2D eigenvalue weighted by Gasteiger charge is -2.29. The van der Waals surface area contributed by atoms with Gasteiger partial charge in [0.25, 0.3) is 0 Å². The van der Waals surface area contributed by atoms with Crippen molar-refractivity contribution in [2.24, 2.45) is 23.7 Å². The second-order valence-corrected chi connectivity index (χ2v) is 16.1. The molecule has 0 unspecified atom stereocenters. The van der Waals surface area contributed by atoms with E-state index in [1.54, 1.807) is 0 Å². The lowest BCUT2D eigenvalue weighted by molar-refractivity contribution is -0.148. The minimum absolute atomic E-state index is 0.0272. The molecule has 56 heavy (non-hydrogen) atoms. The Morgan fingerprint density at radius 2 is 0.982 bits per heavy atom. The van der Waals surface area contributed by atoms with Crippen molar-refractivity contribution in [1.29, 1.82) is 0 Å². The molecule has 2 aromatic heterocycles. The van der Waals surface area contributed by atoms with Crippen LogP contribution in [0.4, 0.5) is 0 Å². The van der Waals surface area contributed by atoms with Gasteiger partial charge in [-0.25, -0.2) is 9.97 Å². The highest BCUT2D eigenvalue weighted by molar-refractivity contribution is 6.32. The molecule has 0 radical (unpaired) electrons. The molecular formula is C42H50Cl2N6O6. The molecular weight excluding hydrogens is 755 g/mol. The van der Waals surface area contributed by atoms with Crippen molar-refractivity contribution in [3.8, 4) is 33.6 Å². The number of ether oxygens (including phenoxy) is 2. The number of likely N-dealkylation sites (tertiary alicyclic amines) is 2. The number of halogens is 2. The average molecular weight is 806 g/mol. The molecule has 2 saturated heterocycles. The van der Waals surface area contributed by atoms with Crippen LogP contribution in [-0.4, -0.2) is 80.8 Å². The fourth-order valence-corrected chi connectivity index (χ4v) is 8.37. The maximum Gasteiger partial charge on any atom is 0.306 e. The first kappa shape index (κ1) is 41.0.